The van der Waals surface area contributed by atoms with E-state index in [0.29, 0.717) is 5.69 Å². The summed E-state index contributed by atoms with van der Waals surface area (Å²) in [7, 11) is 0. The fourth-order valence-corrected chi connectivity index (χ4v) is 2.45. The van der Waals surface area contributed by atoms with Gasteiger partial charge >= 0.3 is 0 Å². The van der Waals surface area contributed by atoms with Gasteiger partial charge < -0.3 is 10.4 Å². The van der Waals surface area contributed by atoms with E-state index in [1.807, 2.05) is 16.8 Å². The molecule has 1 aromatic heterocycles. The van der Waals surface area contributed by atoms with Gasteiger partial charge in [-0.2, -0.15) is 11.3 Å². The zero-order chi connectivity index (χ0) is 13.1. The standard InChI is InChI=1S/C12H9Cl2NO2S/c13-11-8(1-2-9(16)12(11)14)15-10(17)5-7-3-4-18-6-7/h1-4,6,16H,5H2,(H,15,17). The smallest absolute Gasteiger partial charge is 0.228 e. The molecule has 0 aliphatic carbocycles. The molecule has 0 unspecified atom stereocenters. The van der Waals surface area contributed by atoms with Crippen molar-refractivity contribution in [1.29, 1.82) is 0 Å². The third kappa shape index (κ3) is 2.96. The molecule has 2 rings (SSSR count). The molecule has 2 N–H and O–H groups in total. The molecular formula is C12H9Cl2NO2S. The highest BCUT2D eigenvalue weighted by Crippen LogP contribution is 2.36. The Kier molecular flexibility index (Phi) is 4.11. The second kappa shape index (κ2) is 5.61. The van der Waals surface area contributed by atoms with Crippen LogP contribution in [0.3, 0.4) is 0 Å². The molecule has 0 saturated carbocycles. The van der Waals surface area contributed by atoms with Crippen LogP contribution in [0.25, 0.3) is 0 Å². The van der Waals surface area contributed by atoms with E-state index in [1.165, 1.54) is 23.5 Å². The number of carbonyl (C=O) groups is 1. The first-order chi connectivity index (χ1) is 8.58. The van der Waals surface area contributed by atoms with Crippen LogP contribution in [0.15, 0.2) is 29.0 Å². The normalized spacial score (nSPS) is 10.3. The third-order valence-corrected chi connectivity index (χ3v) is 3.88. The molecule has 0 saturated heterocycles. The van der Waals surface area contributed by atoms with E-state index >= 15 is 0 Å². The number of phenolic OH excluding ortho intramolecular Hbond substituents is 1. The van der Waals surface area contributed by atoms with E-state index in [0.717, 1.165) is 5.56 Å². The van der Waals surface area contributed by atoms with Crippen molar-refractivity contribution in [1.82, 2.24) is 0 Å². The van der Waals surface area contributed by atoms with Crippen molar-refractivity contribution < 1.29 is 9.90 Å². The molecule has 0 aliphatic rings. The first-order valence-electron chi connectivity index (χ1n) is 5.06. The number of aromatic hydroxyl groups is 1. The third-order valence-electron chi connectivity index (χ3n) is 2.28. The highest BCUT2D eigenvalue weighted by Gasteiger charge is 2.12. The fourth-order valence-electron chi connectivity index (χ4n) is 1.41. The van der Waals surface area contributed by atoms with Gasteiger partial charge in [0.15, 0.2) is 0 Å². The van der Waals surface area contributed by atoms with Crippen LogP contribution in [0.5, 0.6) is 5.75 Å². The van der Waals surface area contributed by atoms with Crippen LogP contribution in [0.1, 0.15) is 5.56 Å². The number of halogens is 2. The van der Waals surface area contributed by atoms with Gasteiger partial charge in [0.25, 0.3) is 0 Å². The van der Waals surface area contributed by atoms with Crippen molar-refractivity contribution in [3.05, 3.63) is 44.6 Å². The molecule has 0 aliphatic heterocycles. The zero-order valence-corrected chi connectivity index (χ0v) is 11.4. The van der Waals surface area contributed by atoms with Crippen molar-refractivity contribution in [2.45, 2.75) is 6.42 Å². The minimum Gasteiger partial charge on any atom is -0.506 e. The van der Waals surface area contributed by atoms with Gasteiger partial charge in [0.2, 0.25) is 5.91 Å². The maximum absolute atomic E-state index is 11.8. The van der Waals surface area contributed by atoms with Gasteiger partial charge in [0.05, 0.1) is 17.1 Å². The summed E-state index contributed by atoms with van der Waals surface area (Å²) in [6.45, 7) is 0. The highest BCUT2D eigenvalue weighted by atomic mass is 35.5. The Labute approximate surface area is 118 Å². The topological polar surface area (TPSA) is 49.3 Å². The van der Waals surface area contributed by atoms with Crippen LogP contribution in [-0.4, -0.2) is 11.0 Å². The van der Waals surface area contributed by atoms with Gasteiger partial charge in [0, 0.05) is 0 Å². The van der Waals surface area contributed by atoms with Gasteiger partial charge in [0.1, 0.15) is 10.8 Å². The molecule has 2 aromatic rings. The summed E-state index contributed by atoms with van der Waals surface area (Å²) in [5.41, 5.74) is 1.33. The Hall–Kier alpha value is -1.23. The van der Waals surface area contributed by atoms with Gasteiger partial charge in [-0.25, -0.2) is 0 Å². The molecule has 1 heterocycles. The first kappa shape index (κ1) is 13.2. The number of nitrogens with one attached hydrogen (secondary N) is 1. The Balaban J connectivity index is 2.10. The zero-order valence-electron chi connectivity index (χ0n) is 9.11. The number of anilines is 1. The average molecular weight is 302 g/mol. The largest absolute Gasteiger partial charge is 0.506 e. The summed E-state index contributed by atoms with van der Waals surface area (Å²) in [6.07, 6.45) is 0.276. The number of phenols is 1. The molecule has 0 atom stereocenters. The molecular weight excluding hydrogens is 293 g/mol. The predicted molar refractivity (Wildman–Crippen MR) is 74.8 cm³/mol. The molecule has 0 spiro atoms. The van der Waals surface area contributed by atoms with Gasteiger partial charge in [-0.05, 0) is 34.5 Å². The number of hydrogen-bond donors (Lipinski definition) is 2. The summed E-state index contributed by atoms with van der Waals surface area (Å²) >= 11 is 13.2. The minimum absolute atomic E-state index is 0.0324. The Bertz CT molecular complexity index is 570. The van der Waals surface area contributed by atoms with Crippen molar-refractivity contribution >= 4 is 46.1 Å². The van der Waals surface area contributed by atoms with Gasteiger partial charge in [-0.3, -0.25) is 4.79 Å². The molecule has 3 nitrogen and oxygen atoms in total. The maximum atomic E-state index is 11.8. The quantitative estimate of drug-likeness (QED) is 0.844. The number of hydrogen-bond acceptors (Lipinski definition) is 3. The van der Waals surface area contributed by atoms with E-state index in [1.54, 1.807) is 0 Å². The lowest BCUT2D eigenvalue weighted by Crippen LogP contribution is -2.14. The van der Waals surface area contributed by atoms with Crippen LogP contribution in [0.2, 0.25) is 10.0 Å². The van der Waals surface area contributed by atoms with Crippen LogP contribution < -0.4 is 5.32 Å². The van der Waals surface area contributed by atoms with E-state index in [4.69, 9.17) is 23.2 Å². The summed E-state index contributed by atoms with van der Waals surface area (Å²) in [4.78, 5) is 11.8. The second-order valence-electron chi connectivity index (χ2n) is 3.62. The Morgan fingerprint density at radius 1 is 1.28 bits per heavy atom. The van der Waals surface area contributed by atoms with Gasteiger partial charge in [-0.1, -0.05) is 23.2 Å². The number of rotatable bonds is 3. The monoisotopic (exact) mass is 301 g/mol. The van der Waals surface area contributed by atoms with Crippen molar-refractivity contribution in [3.63, 3.8) is 0 Å². The first-order valence-corrected chi connectivity index (χ1v) is 6.75. The number of thiophene rings is 1. The number of carbonyl (C=O) groups excluding carboxylic acids is 1. The number of amides is 1. The summed E-state index contributed by atoms with van der Waals surface area (Å²) in [5, 5.41) is 16.0. The summed E-state index contributed by atoms with van der Waals surface area (Å²) < 4.78 is 0. The fraction of sp³-hybridized carbons (Fsp3) is 0.0833. The van der Waals surface area contributed by atoms with Crippen molar-refractivity contribution in [2.75, 3.05) is 5.32 Å². The van der Waals surface area contributed by atoms with Crippen LogP contribution in [0.4, 0.5) is 5.69 Å². The van der Waals surface area contributed by atoms with Crippen molar-refractivity contribution in [3.8, 4) is 5.75 Å². The molecule has 1 aromatic carbocycles. The second-order valence-corrected chi connectivity index (χ2v) is 5.15. The highest BCUT2D eigenvalue weighted by molar-refractivity contribution is 7.08. The predicted octanol–water partition coefficient (Wildman–Crippen LogP) is 3.94. The lowest BCUT2D eigenvalue weighted by molar-refractivity contribution is -0.115. The van der Waals surface area contributed by atoms with Crippen LogP contribution >= 0.6 is 34.5 Å². The SMILES string of the molecule is O=C(Cc1ccsc1)Nc1ccc(O)c(Cl)c1Cl. The van der Waals surface area contributed by atoms with Crippen LogP contribution in [0, 0.1) is 0 Å². The van der Waals surface area contributed by atoms with E-state index in [-0.39, 0.29) is 28.1 Å². The lowest BCUT2D eigenvalue weighted by Gasteiger charge is -2.08. The molecule has 94 valence electrons. The molecule has 0 fully saturated rings. The Morgan fingerprint density at radius 3 is 2.72 bits per heavy atom. The van der Waals surface area contributed by atoms with Crippen molar-refractivity contribution in [2.24, 2.45) is 0 Å². The average Bonchev–Trinajstić information content (AvgIpc) is 2.83. The Morgan fingerprint density at radius 2 is 2.06 bits per heavy atom. The maximum Gasteiger partial charge on any atom is 0.228 e. The molecule has 0 bridgehead atoms. The van der Waals surface area contributed by atoms with E-state index < -0.39 is 0 Å². The molecule has 1 amide bonds. The van der Waals surface area contributed by atoms with Crippen LogP contribution in [-0.2, 0) is 11.2 Å². The van der Waals surface area contributed by atoms with E-state index in [2.05, 4.69) is 5.32 Å². The van der Waals surface area contributed by atoms with Gasteiger partial charge in [-0.15, -0.1) is 0 Å². The summed E-state index contributed by atoms with van der Waals surface area (Å²) in [5.74, 6) is -0.297. The summed E-state index contributed by atoms with van der Waals surface area (Å²) in [6, 6.07) is 4.78. The van der Waals surface area contributed by atoms with E-state index in [9.17, 15) is 9.90 Å². The minimum atomic E-state index is -0.183. The molecule has 0 radical (unpaired) electrons. The molecule has 18 heavy (non-hydrogen) atoms. The number of benzene rings is 1. The molecule has 6 heteroatoms. The lowest BCUT2D eigenvalue weighted by atomic mass is 10.2.